The largest absolute Gasteiger partial charge is 0.396 e. The molecule has 1 aromatic rings. The highest BCUT2D eigenvalue weighted by Crippen LogP contribution is 2.22. The maximum absolute atomic E-state index is 12.6. The van der Waals surface area contributed by atoms with Crippen LogP contribution in [0, 0.1) is 0 Å². The van der Waals surface area contributed by atoms with E-state index in [4.69, 9.17) is 5.11 Å². The van der Waals surface area contributed by atoms with E-state index in [-0.39, 0.29) is 17.5 Å². The molecular weight excluding hydrogens is 292 g/mol. The molecule has 1 N–H and O–H groups in total. The molecule has 0 radical (unpaired) electrons. The Morgan fingerprint density at radius 2 is 2.24 bits per heavy atom. The third-order valence-electron chi connectivity index (χ3n) is 3.88. The van der Waals surface area contributed by atoms with E-state index in [0.717, 1.165) is 12.8 Å². The fraction of sp³-hybridized carbons (Fsp3) is 0.769. The van der Waals surface area contributed by atoms with E-state index in [0.29, 0.717) is 26.1 Å². The van der Waals surface area contributed by atoms with Crippen LogP contribution in [0.4, 0.5) is 0 Å². The molecule has 1 atom stereocenters. The first-order valence-electron chi connectivity index (χ1n) is 7.25. The van der Waals surface area contributed by atoms with Gasteiger partial charge in [-0.1, -0.05) is 0 Å². The average molecular weight is 316 g/mol. The minimum atomic E-state index is -3.47. The molecular formula is C13H24N4O3S. The summed E-state index contributed by atoms with van der Waals surface area (Å²) in [5.41, 5.74) is 0. The summed E-state index contributed by atoms with van der Waals surface area (Å²) in [6, 6.07) is 0.262. The van der Waals surface area contributed by atoms with Crippen LogP contribution in [-0.2, 0) is 16.6 Å². The van der Waals surface area contributed by atoms with Crippen molar-refractivity contribution in [1.29, 1.82) is 0 Å². The number of piperidine rings is 1. The first kappa shape index (κ1) is 16.4. The zero-order valence-electron chi connectivity index (χ0n) is 12.6. The molecule has 7 nitrogen and oxygen atoms in total. The molecule has 0 saturated carbocycles. The van der Waals surface area contributed by atoms with Crippen LogP contribution in [0.25, 0.3) is 0 Å². The van der Waals surface area contributed by atoms with Crippen molar-refractivity contribution in [3.05, 3.63) is 12.4 Å². The van der Waals surface area contributed by atoms with E-state index >= 15 is 0 Å². The summed E-state index contributed by atoms with van der Waals surface area (Å²) in [6.45, 7) is 1.68. The van der Waals surface area contributed by atoms with E-state index in [1.165, 1.54) is 6.20 Å². The zero-order chi connectivity index (χ0) is 15.5. The van der Waals surface area contributed by atoms with Gasteiger partial charge < -0.3 is 10.0 Å². The van der Waals surface area contributed by atoms with Gasteiger partial charge in [-0.05, 0) is 33.4 Å². The van der Waals surface area contributed by atoms with Gasteiger partial charge in [-0.25, -0.2) is 8.42 Å². The van der Waals surface area contributed by atoms with Gasteiger partial charge in [0.2, 0.25) is 10.0 Å². The summed E-state index contributed by atoms with van der Waals surface area (Å²) >= 11 is 0. The van der Waals surface area contributed by atoms with Gasteiger partial charge in [0.1, 0.15) is 4.90 Å². The lowest BCUT2D eigenvalue weighted by atomic mass is 10.1. The van der Waals surface area contributed by atoms with Crippen molar-refractivity contribution >= 4 is 10.0 Å². The second kappa shape index (κ2) is 6.87. The van der Waals surface area contributed by atoms with Crippen LogP contribution in [0.5, 0.6) is 0 Å². The molecule has 8 heteroatoms. The number of aromatic nitrogens is 2. The molecule has 0 bridgehead atoms. The normalized spacial score (nSPS) is 21.0. The summed E-state index contributed by atoms with van der Waals surface area (Å²) in [5.74, 6) is 0. The minimum Gasteiger partial charge on any atom is -0.396 e. The van der Waals surface area contributed by atoms with Gasteiger partial charge in [0, 0.05) is 38.5 Å². The number of aryl methyl sites for hydroxylation is 1. The number of sulfonamides is 1. The Bertz CT molecular complexity index is 556. The maximum Gasteiger partial charge on any atom is 0.246 e. The molecule has 0 amide bonds. The summed E-state index contributed by atoms with van der Waals surface area (Å²) in [7, 11) is 0.488. The van der Waals surface area contributed by atoms with Crippen LogP contribution in [0.2, 0.25) is 0 Å². The molecule has 1 aliphatic rings. The Balaban J connectivity index is 2.11. The van der Waals surface area contributed by atoms with Crippen LogP contribution in [0.3, 0.4) is 0 Å². The van der Waals surface area contributed by atoms with E-state index < -0.39 is 10.0 Å². The molecule has 1 aromatic heterocycles. The SMILES string of the molecule is CN(C)C1CCCN(S(=O)(=O)c2cnn(CCCO)c2)C1. The zero-order valence-corrected chi connectivity index (χ0v) is 13.5. The third kappa shape index (κ3) is 3.82. The summed E-state index contributed by atoms with van der Waals surface area (Å²) in [6.07, 6.45) is 5.40. The van der Waals surface area contributed by atoms with Gasteiger partial charge >= 0.3 is 0 Å². The van der Waals surface area contributed by atoms with Crippen molar-refractivity contribution < 1.29 is 13.5 Å². The molecule has 0 aliphatic carbocycles. The van der Waals surface area contributed by atoms with Gasteiger partial charge in [-0.2, -0.15) is 9.40 Å². The summed E-state index contributed by atoms with van der Waals surface area (Å²) in [4.78, 5) is 2.31. The monoisotopic (exact) mass is 316 g/mol. The Kier molecular flexibility index (Phi) is 5.37. The second-order valence-electron chi connectivity index (χ2n) is 5.64. The van der Waals surface area contributed by atoms with Gasteiger partial charge in [0.15, 0.2) is 0 Å². The smallest absolute Gasteiger partial charge is 0.246 e. The van der Waals surface area contributed by atoms with Crippen LogP contribution >= 0.6 is 0 Å². The lowest BCUT2D eigenvalue weighted by molar-refractivity contribution is 0.190. The Labute approximate surface area is 126 Å². The third-order valence-corrected chi connectivity index (χ3v) is 5.70. The van der Waals surface area contributed by atoms with E-state index in [9.17, 15) is 8.42 Å². The Morgan fingerprint density at radius 3 is 2.90 bits per heavy atom. The predicted molar refractivity (Wildman–Crippen MR) is 79.4 cm³/mol. The molecule has 1 saturated heterocycles. The Hall–Kier alpha value is -0.960. The van der Waals surface area contributed by atoms with Crippen LogP contribution < -0.4 is 0 Å². The van der Waals surface area contributed by atoms with Crippen molar-refractivity contribution in [2.75, 3.05) is 33.8 Å². The van der Waals surface area contributed by atoms with E-state index in [2.05, 4.69) is 10.00 Å². The number of aliphatic hydroxyl groups is 1. The van der Waals surface area contributed by atoms with Crippen molar-refractivity contribution in [2.45, 2.75) is 36.7 Å². The van der Waals surface area contributed by atoms with Crippen molar-refractivity contribution in [3.63, 3.8) is 0 Å². The fourth-order valence-corrected chi connectivity index (χ4v) is 4.01. The van der Waals surface area contributed by atoms with E-state index in [1.807, 2.05) is 14.1 Å². The average Bonchev–Trinajstić information content (AvgIpc) is 2.94. The molecule has 1 fully saturated rings. The maximum atomic E-state index is 12.6. The fourth-order valence-electron chi connectivity index (χ4n) is 2.54. The highest BCUT2D eigenvalue weighted by Gasteiger charge is 2.31. The lowest BCUT2D eigenvalue weighted by Gasteiger charge is -2.35. The highest BCUT2D eigenvalue weighted by molar-refractivity contribution is 7.89. The number of hydrogen-bond acceptors (Lipinski definition) is 5. The quantitative estimate of drug-likeness (QED) is 0.798. The molecule has 2 heterocycles. The summed E-state index contributed by atoms with van der Waals surface area (Å²) < 4.78 is 28.4. The topological polar surface area (TPSA) is 78.7 Å². The molecule has 1 aliphatic heterocycles. The molecule has 21 heavy (non-hydrogen) atoms. The number of hydrogen-bond donors (Lipinski definition) is 1. The summed E-state index contributed by atoms with van der Waals surface area (Å²) in [5, 5.41) is 12.9. The van der Waals surface area contributed by atoms with Crippen molar-refractivity contribution in [3.8, 4) is 0 Å². The first-order valence-corrected chi connectivity index (χ1v) is 8.69. The van der Waals surface area contributed by atoms with Crippen LogP contribution in [0.15, 0.2) is 17.3 Å². The van der Waals surface area contributed by atoms with Gasteiger partial charge in [-0.3, -0.25) is 4.68 Å². The molecule has 2 rings (SSSR count). The van der Waals surface area contributed by atoms with Gasteiger partial charge in [0.05, 0.1) is 6.20 Å². The van der Waals surface area contributed by atoms with Gasteiger partial charge in [0.25, 0.3) is 0 Å². The number of likely N-dealkylation sites (N-methyl/N-ethyl adjacent to an activating group) is 1. The predicted octanol–water partition coefficient (Wildman–Crippen LogP) is -0.0198. The molecule has 1 unspecified atom stereocenters. The van der Waals surface area contributed by atoms with Gasteiger partial charge in [-0.15, -0.1) is 0 Å². The molecule has 120 valence electrons. The number of rotatable bonds is 6. The Morgan fingerprint density at radius 1 is 1.48 bits per heavy atom. The minimum absolute atomic E-state index is 0.0680. The number of nitrogens with zero attached hydrogens (tertiary/aromatic N) is 4. The standard InChI is InChI=1S/C13H24N4O3S/c1-15(2)12-5-3-7-17(10-12)21(19,20)13-9-14-16(11-13)6-4-8-18/h9,11-12,18H,3-8,10H2,1-2H3. The number of aliphatic hydroxyl groups excluding tert-OH is 1. The van der Waals surface area contributed by atoms with Crippen molar-refractivity contribution in [1.82, 2.24) is 19.0 Å². The molecule has 0 spiro atoms. The molecule has 0 aromatic carbocycles. The van der Waals surface area contributed by atoms with Crippen molar-refractivity contribution in [2.24, 2.45) is 0 Å². The van der Waals surface area contributed by atoms with Crippen LogP contribution in [-0.4, -0.2) is 72.3 Å². The lowest BCUT2D eigenvalue weighted by Crippen LogP contribution is -2.47. The van der Waals surface area contributed by atoms with Crippen LogP contribution in [0.1, 0.15) is 19.3 Å². The van der Waals surface area contributed by atoms with E-state index in [1.54, 1.807) is 15.2 Å². The highest BCUT2D eigenvalue weighted by atomic mass is 32.2. The first-order chi connectivity index (χ1) is 9.95. The second-order valence-corrected chi connectivity index (χ2v) is 7.58.